The first-order chi connectivity index (χ1) is 9.56. The maximum absolute atomic E-state index is 12.6. The Kier molecular flexibility index (Phi) is 3.70. The van der Waals surface area contributed by atoms with Crippen LogP contribution >= 0.6 is 27.3 Å². The van der Waals surface area contributed by atoms with Crippen LogP contribution in [-0.2, 0) is 0 Å². The predicted octanol–water partition coefficient (Wildman–Crippen LogP) is 2.63. The summed E-state index contributed by atoms with van der Waals surface area (Å²) in [6.45, 7) is 3.38. The van der Waals surface area contributed by atoms with Crippen LogP contribution in [0.5, 0.6) is 0 Å². The van der Waals surface area contributed by atoms with E-state index in [-0.39, 0.29) is 5.91 Å². The third-order valence-electron chi connectivity index (χ3n) is 3.68. The van der Waals surface area contributed by atoms with E-state index in [2.05, 4.69) is 27.9 Å². The smallest absolute Gasteiger partial charge is 0.266 e. The summed E-state index contributed by atoms with van der Waals surface area (Å²) in [6.07, 6.45) is 0. The average molecular weight is 354 g/mol. The van der Waals surface area contributed by atoms with E-state index >= 15 is 0 Å². The van der Waals surface area contributed by atoms with Gasteiger partial charge >= 0.3 is 0 Å². The molecule has 1 saturated heterocycles. The van der Waals surface area contributed by atoms with Crippen molar-refractivity contribution in [3.05, 3.63) is 27.5 Å². The van der Waals surface area contributed by atoms with Gasteiger partial charge in [0.05, 0.1) is 5.69 Å². The van der Waals surface area contributed by atoms with Gasteiger partial charge < -0.3 is 15.5 Å². The average Bonchev–Trinajstić information content (AvgIpc) is 2.75. The Hall–Kier alpha value is -1.11. The number of halogens is 1. The van der Waals surface area contributed by atoms with Crippen molar-refractivity contribution in [1.29, 1.82) is 0 Å². The number of piperazine rings is 1. The van der Waals surface area contributed by atoms with Gasteiger partial charge in [0.1, 0.15) is 4.88 Å². The molecule has 6 heteroatoms. The molecule has 1 aromatic carbocycles. The molecule has 1 aromatic heterocycles. The monoisotopic (exact) mass is 353 g/mol. The second-order valence-corrected chi connectivity index (χ2v) is 7.05. The van der Waals surface area contributed by atoms with Crippen LogP contribution in [0.1, 0.15) is 9.67 Å². The zero-order chi connectivity index (χ0) is 14.3. The number of anilines is 1. The van der Waals surface area contributed by atoms with E-state index in [9.17, 15) is 4.79 Å². The lowest BCUT2D eigenvalue weighted by Crippen LogP contribution is -2.47. The number of fused-ring (bicyclic) bond motifs is 1. The fourth-order valence-corrected chi connectivity index (χ4v) is 4.05. The first kappa shape index (κ1) is 13.9. The number of nitrogens with zero attached hydrogens (tertiary/aromatic N) is 2. The second kappa shape index (κ2) is 5.35. The standard InChI is InChI=1S/C14H16BrN3OS/c1-17-4-6-18(7-5-17)14(19)13-12(16)10-3-2-9(15)8-11(10)20-13/h2-3,8H,4-7,16H2,1H3. The highest BCUT2D eigenvalue weighted by atomic mass is 79.9. The van der Waals surface area contributed by atoms with Crippen molar-refractivity contribution in [1.82, 2.24) is 9.80 Å². The van der Waals surface area contributed by atoms with Crippen LogP contribution in [0.4, 0.5) is 5.69 Å². The van der Waals surface area contributed by atoms with Crippen molar-refractivity contribution in [3.63, 3.8) is 0 Å². The van der Waals surface area contributed by atoms with Crippen LogP contribution < -0.4 is 5.73 Å². The summed E-state index contributed by atoms with van der Waals surface area (Å²) in [5, 5.41) is 0.968. The Morgan fingerprint density at radius 1 is 1.30 bits per heavy atom. The third kappa shape index (κ3) is 2.43. The van der Waals surface area contributed by atoms with Crippen LogP contribution in [0, 0.1) is 0 Å². The summed E-state index contributed by atoms with van der Waals surface area (Å²) in [4.78, 5) is 17.4. The van der Waals surface area contributed by atoms with E-state index < -0.39 is 0 Å². The number of carbonyl (C=O) groups is 1. The minimum atomic E-state index is 0.0629. The summed E-state index contributed by atoms with van der Waals surface area (Å²) < 4.78 is 2.05. The summed E-state index contributed by atoms with van der Waals surface area (Å²) in [7, 11) is 2.08. The van der Waals surface area contributed by atoms with Crippen molar-refractivity contribution in [2.45, 2.75) is 0 Å². The Labute approximate surface area is 130 Å². The van der Waals surface area contributed by atoms with Crippen LogP contribution in [0.25, 0.3) is 10.1 Å². The first-order valence-corrected chi connectivity index (χ1v) is 8.12. The molecular formula is C14H16BrN3OS. The molecule has 0 saturated carbocycles. The molecular weight excluding hydrogens is 338 g/mol. The number of hydrogen-bond donors (Lipinski definition) is 1. The fraction of sp³-hybridized carbons (Fsp3) is 0.357. The molecule has 0 spiro atoms. The number of benzene rings is 1. The summed E-state index contributed by atoms with van der Waals surface area (Å²) >= 11 is 4.93. The number of likely N-dealkylation sites (N-methyl/N-ethyl adjacent to an activating group) is 1. The normalized spacial score (nSPS) is 16.8. The second-order valence-electron chi connectivity index (χ2n) is 5.08. The molecule has 0 unspecified atom stereocenters. The molecule has 4 nitrogen and oxygen atoms in total. The Morgan fingerprint density at radius 3 is 2.70 bits per heavy atom. The van der Waals surface area contributed by atoms with E-state index in [4.69, 9.17) is 5.73 Å². The molecule has 20 heavy (non-hydrogen) atoms. The first-order valence-electron chi connectivity index (χ1n) is 6.51. The number of nitrogens with two attached hydrogens (primary N) is 1. The predicted molar refractivity (Wildman–Crippen MR) is 87.3 cm³/mol. The van der Waals surface area contributed by atoms with Crippen molar-refractivity contribution in [2.24, 2.45) is 0 Å². The lowest BCUT2D eigenvalue weighted by atomic mass is 10.2. The maximum Gasteiger partial charge on any atom is 0.266 e. The lowest BCUT2D eigenvalue weighted by Gasteiger charge is -2.32. The van der Waals surface area contributed by atoms with Crippen molar-refractivity contribution in [2.75, 3.05) is 39.0 Å². The number of carbonyl (C=O) groups excluding carboxylic acids is 1. The van der Waals surface area contributed by atoms with Gasteiger partial charge in [-0.15, -0.1) is 11.3 Å². The minimum absolute atomic E-state index is 0.0629. The van der Waals surface area contributed by atoms with Gasteiger partial charge in [-0.3, -0.25) is 4.79 Å². The lowest BCUT2D eigenvalue weighted by molar-refractivity contribution is 0.0670. The fourth-order valence-electron chi connectivity index (χ4n) is 2.40. The number of rotatable bonds is 1. The van der Waals surface area contributed by atoms with Crippen LogP contribution in [-0.4, -0.2) is 48.9 Å². The molecule has 0 radical (unpaired) electrons. The van der Waals surface area contributed by atoms with E-state index in [0.717, 1.165) is 40.7 Å². The van der Waals surface area contributed by atoms with E-state index in [1.165, 1.54) is 11.3 Å². The van der Waals surface area contributed by atoms with Gasteiger partial charge in [0.15, 0.2) is 0 Å². The summed E-state index contributed by atoms with van der Waals surface area (Å²) in [5.41, 5.74) is 6.77. The minimum Gasteiger partial charge on any atom is -0.397 e. The SMILES string of the molecule is CN1CCN(C(=O)c2sc3cc(Br)ccc3c2N)CC1. The Bertz CT molecular complexity index is 662. The Balaban J connectivity index is 1.93. The molecule has 2 heterocycles. The molecule has 1 aliphatic rings. The molecule has 1 aliphatic heterocycles. The van der Waals surface area contributed by atoms with Crippen LogP contribution in [0.15, 0.2) is 22.7 Å². The van der Waals surface area contributed by atoms with E-state index in [0.29, 0.717) is 10.6 Å². The zero-order valence-corrected chi connectivity index (χ0v) is 13.6. The molecule has 1 amide bonds. The summed E-state index contributed by atoms with van der Waals surface area (Å²) in [5.74, 6) is 0.0629. The van der Waals surface area contributed by atoms with E-state index in [1.54, 1.807) is 0 Å². The molecule has 3 rings (SSSR count). The van der Waals surface area contributed by atoms with Gasteiger partial charge in [-0.25, -0.2) is 0 Å². The van der Waals surface area contributed by atoms with E-state index in [1.807, 2.05) is 23.1 Å². The third-order valence-corrected chi connectivity index (χ3v) is 5.32. The number of nitrogen functional groups attached to an aromatic ring is 1. The van der Waals surface area contributed by atoms with Crippen molar-refractivity contribution < 1.29 is 4.79 Å². The Morgan fingerprint density at radius 2 is 2.00 bits per heavy atom. The number of hydrogen-bond acceptors (Lipinski definition) is 4. The largest absolute Gasteiger partial charge is 0.397 e. The molecule has 0 aliphatic carbocycles. The molecule has 2 aromatic rings. The van der Waals surface area contributed by atoms with Crippen LogP contribution in [0.3, 0.4) is 0 Å². The quantitative estimate of drug-likeness (QED) is 0.857. The zero-order valence-electron chi connectivity index (χ0n) is 11.2. The van der Waals surface area contributed by atoms with Gasteiger partial charge in [-0.1, -0.05) is 22.0 Å². The maximum atomic E-state index is 12.6. The highest BCUT2D eigenvalue weighted by Gasteiger charge is 2.24. The van der Waals surface area contributed by atoms with Crippen molar-refractivity contribution >= 4 is 48.9 Å². The molecule has 1 fully saturated rings. The number of amides is 1. The topological polar surface area (TPSA) is 49.6 Å². The van der Waals surface area contributed by atoms with Gasteiger partial charge in [0, 0.05) is 40.7 Å². The van der Waals surface area contributed by atoms with Crippen LogP contribution in [0.2, 0.25) is 0 Å². The van der Waals surface area contributed by atoms with Gasteiger partial charge in [0.25, 0.3) is 5.91 Å². The van der Waals surface area contributed by atoms with Gasteiger partial charge in [-0.05, 0) is 19.2 Å². The molecule has 2 N–H and O–H groups in total. The molecule has 0 bridgehead atoms. The highest BCUT2D eigenvalue weighted by Crippen LogP contribution is 2.36. The van der Waals surface area contributed by atoms with Gasteiger partial charge in [0.2, 0.25) is 0 Å². The molecule has 0 atom stereocenters. The highest BCUT2D eigenvalue weighted by molar-refractivity contribution is 9.10. The van der Waals surface area contributed by atoms with Gasteiger partial charge in [-0.2, -0.15) is 0 Å². The summed E-state index contributed by atoms with van der Waals surface area (Å²) in [6, 6.07) is 5.93. The molecule has 106 valence electrons. The number of thiophene rings is 1. The van der Waals surface area contributed by atoms with Crippen molar-refractivity contribution in [3.8, 4) is 0 Å².